The van der Waals surface area contributed by atoms with Crippen LogP contribution in [0.4, 0.5) is 0 Å². The fraction of sp³-hybridized carbons (Fsp3) is 0.200. The van der Waals surface area contributed by atoms with Gasteiger partial charge in [0.05, 0.1) is 18.2 Å². The fourth-order valence-corrected chi connectivity index (χ4v) is 2.84. The summed E-state index contributed by atoms with van der Waals surface area (Å²) < 4.78 is 15.8. The van der Waals surface area contributed by atoms with E-state index in [0.717, 1.165) is 0 Å². The Bertz CT molecular complexity index is 1050. The fourth-order valence-electron chi connectivity index (χ4n) is 2.84. The third kappa shape index (κ3) is 2.91. The van der Waals surface area contributed by atoms with Crippen LogP contribution in [-0.2, 0) is 4.79 Å². The first-order valence-corrected chi connectivity index (χ1v) is 8.01. The number of carbonyl (C=O) groups is 3. The van der Waals surface area contributed by atoms with E-state index < -0.39 is 17.3 Å². The molecule has 0 N–H and O–H groups in total. The van der Waals surface area contributed by atoms with Crippen LogP contribution in [0.2, 0.25) is 0 Å². The smallest absolute Gasteiger partial charge is 0.237 e. The molecule has 136 valence electrons. The Balaban J connectivity index is 2.04. The second kappa shape index (κ2) is 6.92. The maximum absolute atomic E-state index is 12.9. The predicted molar refractivity (Wildman–Crippen MR) is 93.8 cm³/mol. The molecule has 1 heterocycles. The van der Waals surface area contributed by atoms with Crippen LogP contribution in [0.5, 0.6) is 11.5 Å². The molecule has 7 nitrogen and oxygen atoms in total. The summed E-state index contributed by atoms with van der Waals surface area (Å²) in [4.78, 5) is 37.5. The zero-order chi connectivity index (χ0) is 19.7. The number of furan rings is 1. The van der Waals surface area contributed by atoms with E-state index in [-0.39, 0.29) is 34.8 Å². The lowest BCUT2D eigenvalue weighted by atomic mass is 9.87. The summed E-state index contributed by atoms with van der Waals surface area (Å²) in [6, 6.07) is 6.27. The van der Waals surface area contributed by atoms with Crippen molar-refractivity contribution in [1.29, 1.82) is 5.26 Å². The number of fused-ring (bicyclic) bond motifs is 1. The number of Topliss-reactive ketones (excluding diaryl/α,β-unsaturated/α-hetero) is 2. The molecule has 0 saturated heterocycles. The van der Waals surface area contributed by atoms with E-state index in [0.29, 0.717) is 16.9 Å². The lowest BCUT2D eigenvalue weighted by Gasteiger charge is -2.13. The van der Waals surface area contributed by atoms with Gasteiger partial charge in [-0.1, -0.05) is 0 Å². The molecule has 1 aliphatic carbocycles. The molecule has 1 aliphatic rings. The molecular weight excluding hydrogens is 350 g/mol. The standard InChI is InChI=1S/C20H15NO6/c1-10-11(2)20-16(19(24)17(10)22)13(9-27-20)18(23)12-4-5-14(26-7-6-21)15(8-12)25-3/h4-5,8-9H,7H2,1-3H3. The van der Waals surface area contributed by atoms with Gasteiger partial charge in [-0.15, -0.1) is 0 Å². The van der Waals surface area contributed by atoms with Crippen LogP contribution in [0.1, 0.15) is 45.9 Å². The molecule has 0 aliphatic heterocycles. The average molecular weight is 365 g/mol. The van der Waals surface area contributed by atoms with Gasteiger partial charge in [0.25, 0.3) is 0 Å². The molecular formula is C20H15NO6. The van der Waals surface area contributed by atoms with Crippen LogP contribution < -0.4 is 9.47 Å². The molecule has 27 heavy (non-hydrogen) atoms. The molecule has 1 aromatic carbocycles. The number of methoxy groups -OCH3 is 1. The summed E-state index contributed by atoms with van der Waals surface area (Å²) in [5, 5.41) is 8.61. The Morgan fingerprint density at radius 3 is 2.56 bits per heavy atom. The van der Waals surface area contributed by atoms with Gasteiger partial charge in [0.1, 0.15) is 18.1 Å². The van der Waals surface area contributed by atoms with E-state index >= 15 is 0 Å². The SMILES string of the molecule is COc1cc(C(=O)c2coc3c2C(=O)C(=O)C(C)=C3C)ccc1OCC#N. The van der Waals surface area contributed by atoms with Gasteiger partial charge in [0.15, 0.2) is 23.9 Å². The van der Waals surface area contributed by atoms with Crippen LogP contribution in [0.25, 0.3) is 5.57 Å². The van der Waals surface area contributed by atoms with Crippen LogP contribution in [0, 0.1) is 11.3 Å². The van der Waals surface area contributed by atoms with Crippen molar-refractivity contribution in [3.63, 3.8) is 0 Å². The summed E-state index contributed by atoms with van der Waals surface area (Å²) in [7, 11) is 1.40. The van der Waals surface area contributed by atoms with E-state index in [1.807, 2.05) is 6.07 Å². The molecule has 2 aromatic rings. The lowest BCUT2D eigenvalue weighted by molar-refractivity contribution is -0.111. The number of rotatable bonds is 5. The van der Waals surface area contributed by atoms with Crippen molar-refractivity contribution in [3.05, 3.63) is 52.5 Å². The Labute approximate surface area is 154 Å². The van der Waals surface area contributed by atoms with Gasteiger partial charge >= 0.3 is 0 Å². The first kappa shape index (κ1) is 18.1. The monoisotopic (exact) mass is 365 g/mol. The molecule has 0 atom stereocenters. The maximum Gasteiger partial charge on any atom is 0.237 e. The molecule has 0 unspecified atom stereocenters. The first-order valence-electron chi connectivity index (χ1n) is 8.01. The second-order valence-electron chi connectivity index (χ2n) is 5.90. The second-order valence-corrected chi connectivity index (χ2v) is 5.90. The molecule has 0 fully saturated rings. The Morgan fingerprint density at radius 1 is 1.15 bits per heavy atom. The van der Waals surface area contributed by atoms with Crippen LogP contribution in [0.15, 0.2) is 34.5 Å². The maximum atomic E-state index is 12.9. The molecule has 1 aromatic heterocycles. The van der Waals surface area contributed by atoms with Crippen LogP contribution in [0.3, 0.4) is 0 Å². The van der Waals surface area contributed by atoms with Gasteiger partial charge in [-0.2, -0.15) is 5.26 Å². The van der Waals surface area contributed by atoms with Crippen LogP contribution in [-0.4, -0.2) is 31.1 Å². The topological polar surface area (TPSA) is 107 Å². The molecule has 0 radical (unpaired) electrons. The largest absolute Gasteiger partial charge is 0.493 e. The summed E-state index contributed by atoms with van der Waals surface area (Å²) in [6.45, 7) is 3.05. The van der Waals surface area contributed by atoms with Gasteiger partial charge in [-0.3, -0.25) is 14.4 Å². The number of hydrogen-bond donors (Lipinski definition) is 0. The van der Waals surface area contributed by atoms with Gasteiger partial charge in [-0.25, -0.2) is 0 Å². The first-order chi connectivity index (χ1) is 12.9. The van der Waals surface area contributed by atoms with Crippen LogP contribution >= 0.6 is 0 Å². The number of benzene rings is 1. The molecule has 0 saturated carbocycles. The highest BCUT2D eigenvalue weighted by Gasteiger charge is 2.36. The normalized spacial score (nSPS) is 13.3. The van der Waals surface area contributed by atoms with Crippen molar-refractivity contribution in [3.8, 4) is 17.6 Å². The zero-order valence-electron chi connectivity index (χ0n) is 14.9. The Kier molecular flexibility index (Phi) is 4.65. The highest BCUT2D eigenvalue weighted by Crippen LogP contribution is 2.35. The molecule has 0 amide bonds. The highest BCUT2D eigenvalue weighted by atomic mass is 16.5. The third-order valence-electron chi connectivity index (χ3n) is 4.43. The number of ether oxygens (including phenoxy) is 2. The van der Waals surface area contributed by atoms with Crippen molar-refractivity contribution >= 4 is 22.9 Å². The van der Waals surface area contributed by atoms with E-state index in [4.69, 9.17) is 19.2 Å². The van der Waals surface area contributed by atoms with Crippen molar-refractivity contribution in [2.24, 2.45) is 0 Å². The molecule has 0 spiro atoms. The van der Waals surface area contributed by atoms with Crippen molar-refractivity contribution in [1.82, 2.24) is 0 Å². The zero-order valence-corrected chi connectivity index (χ0v) is 14.9. The van der Waals surface area contributed by atoms with Crippen molar-refractivity contribution in [2.75, 3.05) is 13.7 Å². The average Bonchev–Trinajstić information content (AvgIpc) is 3.13. The summed E-state index contributed by atoms with van der Waals surface area (Å²) >= 11 is 0. The van der Waals surface area contributed by atoms with E-state index in [2.05, 4.69) is 0 Å². The lowest BCUT2D eigenvalue weighted by Crippen LogP contribution is -2.23. The predicted octanol–water partition coefficient (Wildman–Crippen LogP) is 2.98. The summed E-state index contributed by atoms with van der Waals surface area (Å²) in [5.74, 6) is -1.08. The van der Waals surface area contributed by atoms with Gasteiger partial charge < -0.3 is 13.9 Å². The van der Waals surface area contributed by atoms with Crippen molar-refractivity contribution in [2.45, 2.75) is 13.8 Å². The van der Waals surface area contributed by atoms with Gasteiger partial charge in [0.2, 0.25) is 11.6 Å². The number of allylic oxidation sites excluding steroid dienone is 2. The van der Waals surface area contributed by atoms with E-state index in [1.54, 1.807) is 13.8 Å². The number of nitrogens with zero attached hydrogens (tertiary/aromatic N) is 1. The number of carbonyl (C=O) groups excluding carboxylic acids is 3. The minimum atomic E-state index is -0.758. The molecule has 7 heteroatoms. The van der Waals surface area contributed by atoms with Gasteiger partial charge in [0, 0.05) is 11.1 Å². The summed E-state index contributed by atoms with van der Waals surface area (Å²) in [6.07, 6.45) is 1.19. The quantitative estimate of drug-likeness (QED) is 0.592. The Hall–Kier alpha value is -3.66. The number of nitriles is 1. The van der Waals surface area contributed by atoms with Crippen molar-refractivity contribution < 1.29 is 28.3 Å². The number of hydrogen-bond acceptors (Lipinski definition) is 7. The van der Waals surface area contributed by atoms with E-state index in [9.17, 15) is 14.4 Å². The molecule has 3 rings (SSSR count). The third-order valence-corrected chi connectivity index (χ3v) is 4.43. The Morgan fingerprint density at radius 2 is 1.89 bits per heavy atom. The summed E-state index contributed by atoms with van der Waals surface area (Å²) in [5.41, 5.74) is 1.07. The number of ketones is 3. The minimum absolute atomic E-state index is 0.0166. The van der Waals surface area contributed by atoms with Gasteiger partial charge in [-0.05, 0) is 37.6 Å². The highest BCUT2D eigenvalue weighted by molar-refractivity contribution is 6.53. The molecule has 0 bridgehead atoms. The van der Waals surface area contributed by atoms with E-state index in [1.165, 1.54) is 31.6 Å². The minimum Gasteiger partial charge on any atom is -0.493 e.